The van der Waals surface area contributed by atoms with Gasteiger partial charge < -0.3 is 21.5 Å². The van der Waals surface area contributed by atoms with Gasteiger partial charge >= 0.3 is 0 Å². The molecule has 0 heterocycles. The SMILES string of the molecule is CC[N+](C)(CC)Cc1ccccc1.[Br-]. The Bertz CT molecular complexity index is 242. The van der Waals surface area contributed by atoms with Gasteiger partial charge in [0.15, 0.2) is 0 Å². The Labute approximate surface area is 98.1 Å². The number of hydrogen-bond donors (Lipinski definition) is 0. The lowest BCUT2D eigenvalue weighted by Gasteiger charge is -2.32. The molecule has 0 aliphatic heterocycles. The zero-order valence-corrected chi connectivity index (χ0v) is 10.9. The first kappa shape index (κ1) is 13.7. The molecule has 0 aliphatic carbocycles. The lowest BCUT2D eigenvalue weighted by Crippen LogP contribution is -3.00. The minimum Gasteiger partial charge on any atom is -1.00 e. The van der Waals surface area contributed by atoms with E-state index in [2.05, 4.69) is 51.2 Å². The molecule has 0 saturated carbocycles. The molecule has 0 saturated heterocycles. The molecule has 0 aliphatic rings. The zero-order chi connectivity index (χ0) is 9.73. The van der Waals surface area contributed by atoms with Crippen LogP contribution in [0.4, 0.5) is 0 Å². The average molecular weight is 258 g/mol. The fraction of sp³-hybridized carbons (Fsp3) is 0.500. The zero-order valence-electron chi connectivity index (χ0n) is 9.33. The van der Waals surface area contributed by atoms with Crippen LogP contribution in [0.5, 0.6) is 0 Å². The van der Waals surface area contributed by atoms with Gasteiger partial charge in [0.25, 0.3) is 0 Å². The largest absolute Gasteiger partial charge is 1.00 e. The van der Waals surface area contributed by atoms with Gasteiger partial charge in [-0.3, -0.25) is 0 Å². The second-order valence-electron chi connectivity index (χ2n) is 3.90. The van der Waals surface area contributed by atoms with Gasteiger partial charge in [-0.15, -0.1) is 0 Å². The van der Waals surface area contributed by atoms with Crippen LogP contribution >= 0.6 is 0 Å². The van der Waals surface area contributed by atoms with Crippen molar-refractivity contribution < 1.29 is 21.5 Å². The van der Waals surface area contributed by atoms with Crippen LogP contribution in [0.2, 0.25) is 0 Å². The number of halogens is 1. The predicted octanol–water partition coefficient (Wildman–Crippen LogP) is -0.323. The lowest BCUT2D eigenvalue weighted by atomic mass is 10.2. The van der Waals surface area contributed by atoms with Gasteiger partial charge in [0.2, 0.25) is 0 Å². The van der Waals surface area contributed by atoms with Crippen molar-refractivity contribution >= 4 is 0 Å². The maximum Gasteiger partial charge on any atom is 0.104 e. The Morgan fingerprint density at radius 1 is 1.00 bits per heavy atom. The van der Waals surface area contributed by atoms with Crippen LogP contribution < -0.4 is 17.0 Å². The van der Waals surface area contributed by atoms with Gasteiger partial charge in [0.05, 0.1) is 20.1 Å². The lowest BCUT2D eigenvalue weighted by molar-refractivity contribution is -0.919. The van der Waals surface area contributed by atoms with E-state index in [4.69, 9.17) is 0 Å². The number of hydrogen-bond acceptors (Lipinski definition) is 0. The van der Waals surface area contributed by atoms with Crippen LogP contribution in [-0.2, 0) is 6.54 Å². The summed E-state index contributed by atoms with van der Waals surface area (Å²) in [6.07, 6.45) is 0. The summed E-state index contributed by atoms with van der Waals surface area (Å²) in [7, 11) is 2.31. The van der Waals surface area contributed by atoms with Crippen molar-refractivity contribution in [3.8, 4) is 0 Å². The highest BCUT2D eigenvalue weighted by atomic mass is 79.9. The second-order valence-corrected chi connectivity index (χ2v) is 3.90. The van der Waals surface area contributed by atoms with Crippen molar-refractivity contribution in [3.63, 3.8) is 0 Å². The van der Waals surface area contributed by atoms with Crippen molar-refractivity contribution in [2.45, 2.75) is 20.4 Å². The first-order valence-electron chi connectivity index (χ1n) is 5.07. The predicted molar refractivity (Wildman–Crippen MR) is 57.4 cm³/mol. The number of rotatable bonds is 4. The summed E-state index contributed by atoms with van der Waals surface area (Å²) in [5.74, 6) is 0. The van der Waals surface area contributed by atoms with Crippen molar-refractivity contribution in [1.82, 2.24) is 0 Å². The fourth-order valence-electron chi connectivity index (χ4n) is 1.47. The summed E-state index contributed by atoms with van der Waals surface area (Å²) in [4.78, 5) is 0. The second kappa shape index (κ2) is 6.20. The topological polar surface area (TPSA) is 0 Å². The summed E-state index contributed by atoms with van der Waals surface area (Å²) in [5.41, 5.74) is 1.44. The van der Waals surface area contributed by atoms with Crippen LogP contribution in [0.25, 0.3) is 0 Å². The minimum atomic E-state index is 0. The highest BCUT2D eigenvalue weighted by Gasteiger charge is 2.16. The summed E-state index contributed by atoms with van der Waals surface area (Å²) >= 11 is 0. The standard InChI is InChI=1S/C12H20N.BrH/c1-4-13(3,5-2)11-12-9-7-6-8-10-12;/h6-10H,4-5,11H2,1-3H3;1H/q+1;/p-1. The molecule has 1 nitrogen and oxygen atoms in total. The molecule has 0 radical (unpaired) electrons. The van der Waals surface area contributed by atoms with Gasteiger partial charge in [0, 0.05) is 5.56 Å². The molecule has 14 heavy (non-hydrogen) atoms. The van der Waals surface area contributed by atoms with Crippen molar-refractivity contribution in [2.75, 3.05) is 20.1 Å². The molecule has 1 aromatic carbocycles. The molecule has 0 aromatic heterocycles. The molecule has 0 bridgehead atoms. The van der Waals surface area contributed by atoms with E-state index in [-0.39, 0.29) is 17.0 Å². The van der Waals surface area contributed by atoms with Gasteiger partial charge in [0.1, 0.15) is 6.54 Å². The van der Waals surface area contributed by atoms with Gasteiger partial charge in [-0.1, -0.05) is 30.3 Å². The van der Waals surface area contributed by atoms with E-state index in [1.54, 1.807) is 0 Å². The van der Waals surface area contributed by atoms with E-state index in [9.17, 15) is 0 Å². The molecule has 0 unspecified atom stereocenters. The van der Waals surface area contributed by atoms with Crippen molar-refractivity contribution in [3.05, 3.63) is 35.9 Å². The first-order valence-corrected chi connectivity index (χ1v) is 5.07. The van der Waals surface area contributed by atoms with Crippen LogP contribution in [0, 0.1) is 0 Å². The maximum absolute atomic E-state index is 2.31. The van der Waals surface area contributed by atoms with Crippen LogP contribution in [0.3, 0.4) is 0 Å². The molecule has 2 heteroatoms. The quantitative estimate of drug-likeness (QED) is 0.649. The van der Waals surface area contributed by atoms with E-state index < -0.39 is 0 Å². The monoisotopic (exact) mass is 257 g/mol. The van der Waals surface area contributed by atoms with E-state index in [0.717, 1.165) is 11.0 Å². The molecule has 0 atom stereocenters. The Kier molecular flexibility index (Phi) is 6.05. The Hall–Kier alpha value is -0.340. The molecular formula is C12H20BrN. The maximum atomic E-state index is 2.31. The molecule has 1 rings (SSSR count). The smallest absolute Gasteiger partial charge is 0.104 e. The fourth-order valence-corrected chi connectivity index (χ4v) is 1.47. The van der Waals surface area contributed by atoms with Crippen molar-refractivity contribution in [1.29, 1.82) is 0 Å². The average Bonchev–Trinajstić information content (AvgIpc) is 2.19. The minimum absolute atomic E-state index is 0. The third kappa shape index (κ3) is 3.81. The molecule has 0 fully saturated rings. The molecule has 1 aromatic rings. The third-order valence-electron chi connectivity index (χ3n) is 2.93. The van der Waals surface area contributed by atoms with Crippen molar-refractivity contribution in [2.24, 2.45) is 0 Å². The number of nitrogens with zero attached hydrogens (tertiary/aromatic N) is 1. The molecule has 80 valence electrons. The Morgan fingerprint density at radius 2 is 1.50 bits per heavy atom. The summed E-state index contributed by atoms with van der Waals surface area (Å²) in [6, 6.07) is 10.7. The summed E-state index contributed by atoms with van der Waals surface area (Å²) in [6.45, 7) is 8.06. The van der Waals surface area contributed by atoms with E-state index in [1.165, 1.54) is 18.7 Å². The van der Waals surface area contributed by atoms with Gasteiger partial charge in [-0.2, -0.15) is 0 Å². The van der Waals surface area contributed by atoms with Gasteiger partial charge in [-0.25, -0.2) is 0 Å². The molecule has 0 spiro atoms. The Balaban J connectivity index is 0.00000169. The van der Waals surface area contributed by atoms with E-state index >= 15 is 0 Å². The van der Waals surface area contributed by atoms with Gasteiger partial charge in [-0.05, 0) is 13.8 Å². The molecule has 0 amide bonds. The summed E-state index contributed by atoms with van der Waals surface area (Å²) < 4.78 is 1.13. The normalized spacial score (nSPS) is 10.8. The number of quaternary nitrogens is 1. The van der Waals surface area contributed by atoms with Crippen LogP contribution in [0.1, 0.15) is 19.4 Å². The molecule has 0 N–H and O–H groups in total. The Morgan fingerprint density at radius 3 is 1.93 bits per heavy atom. The van der Waals surface area contributed by atoms with E-state index in [1.807, 2.05) is 0 Å². The third-order valence-corrected chi connectivity index (χ3v) is 2.93. The van der Waals surface area contributed by atoms with Crippen LogP contribution in [0.15, 0.2) is 30.3 Å². The van der Waals surface area contributed by atoms with Crippen LogP contribution in [-0.4, -0.2) is 24.6 Å². The number of benzene rings is 1. The summed E-state index contributed by atoms with van der Waals surface area (Å²) in [5, 5.41) is 0. The highest BCUT2D eigenvalue weighted by Crippen LogP contribution is 2.10. The molecular weight excluding hydrogens is 238 g/mol. The van der Waals surface area contributed by atoms with E-state index in [0.29, 0.717) is 0 Å². The first-order chi connectivity index (χ1) is 6.20. The highest BCUT2D eigenvalue weighted by molar-refractivity contribution is 5.13.